The lowest BCUT2D eigenvalue weighted by atomic mass is 9.73. The number of hydrogen-bond acceptors (Lipinski definition) is 38. The largest absolute Gasteiger partial charge is 0.459 e. The fraction of sp³-hybridized carbons (Fsp3) is 0.860. The molecule has 0 amide bonds. The van der Waals surface area contributed by atoms with Gasteiger partial charge in [0.15, 0.2) is 57.9 Å². The number of nitrogens with zero attached hydrogens (tertiary/aromatic N) is 4. The van der Waals surface area contributed by atoms with E-state index >= 15 is 0 Å². The second kappa shape index (κ2) is 52.9. The van der Waals surface area contributed by atoms with Gasteiger partial charge in [0.05, 0.1) is 134 Å². The van der Waals surface area contributed by atoms with Gasteiger partial charge in [-0.1, -0.05) is 111 Å². The number of carbonyl (C=O) groups excluding carboxylic acids is 8. The van der Waals surface area contributed by atoms with Gasteiger partial charge in [-0.05, 0) is 168 Å². The summed E-state index contributed by atoms with van der Waals surface area (Å²) in [7, 11) is 8.40. The number of methoxy groups -OCH3 is 2. The van der Waals surface area contributed by atoms with Crippen molar-refractivity contribution in [1.29, 1.82) is 0 Å². The molecule has 5 N–H and O–H groups in total. The van der Waals surface area contributed by atoms with E-state index in [4.69, 9.17) is 99.4 Å². The van der Waals surface area contributed by atoms with E-state index in [2.05, 4.69) is 44.2 Å². The maximum atomic E-state index is 14.9. The molecule has 139 heavy (non-hydrogen) atoms. The maximum Gasteiger partial charge on any atom is 0.331 e. The van der Waals surface area contributed by atoms with Gasteiger partial charge in [0.1, 0.15) is 34.6 Å². The smallest absolute Gasteiger partial charge is 0.331 e. The van der Waals surface area contributed by atoms with Gasteiger partial charge in [-0.3, -0.25) is 28.8 Å². The number of aliphatic hydroxyl groups is 5. The van der Waals surface area contributed by atoms with Crippen LogP contribution < -0.4 is 0 Å². The summed E-state index contributed by atoms with van der Waals surface area (Å²) in [5, 5.41) is 66.7. The Labute approximate surface area is 826 Å². The highest BCUT2D eigenvalue weighted by molar-refractivity contribution is 6.74. The molecule has 0 aromatic rings. The van der Waals surface area contributed by atoms with Gasteiger partial charge >= 0.3 is 47.8 Å². The number of ether oxygens (including phenoxy) is 18. The minimum atomic E-state index is -2.11. The van der Waals surface area contributed by atoms with Crippen LogP contribution >= 0.6 is 0 Å². The molecule has 6 rings (SSSR count). The van der Waals surface area contributed by atoms with Crippen molar-refractivity contribution >= 4 is 67.5 Å². The number of hydrogen-bond donors (Lipinski definition) is 5. The van der Waals surface area contributed by atoms with Gasteiger partial charge in [0.2, 0.25) is 0 Å². The molecule has 0 aliphatic carbocycles. The van der Waals surface area contributed by atoms with Crippen LogP contribution in [0.2, 0.25) is 18.1 Å². The van der Waals surface area contributed by atoms with Gasteiger partial charge in [0, 0.05) is 104 Å². The van der Waals surface area contributed by atoms with Crippen LogP contribution in [0, 0.1) is 47.3 Å². The molecule has 6 fully saturated rings. The van der Waals surface area contributed by atoms with Gasteiger partial charge < -0.3 is 135 Å². The molecule has 0 radical (unpaired) electrons. The summed E-state index contributed by atoms with van der Waals surface area (Å²) < 4.78 is 123. The van der Waals surface area contributed by atoms with Gasteiger partial charge in [-0.15, -0.1) is 0 Å². The fourth-order valence-corrected chi connectivity index (χ4v) is 21.2. The maximum absolute atomic E-state index is 14.9. The molecule has 6 aliphatic heterocycles. The number of rotatable bonds is 30. The van der Waals surface area contributed by atoms with Crippen molar-refractivity contribution in [1.82, 2.24) is 9.80 Å². The number of oxime groups is 2. The summed E-state index contributed by atoms with van der Waals surface area (Å²) in [4.78, 5) is 119. The molecule has 0 saturated carbocycles. The van der Waals surface area contributed by atoms with Gasteiger partial charge in [-0.25, -0.2) is 9.59 Å². The Morgan fingerprint density at radius 1 is 0.460 bits per heavy atom. The van der Waals surface area contributed by atoms with Crippen LogP contribution in [-0.4, -0.2) is 340 Å². The number of carbonyl (C=O) groups is 8. The Morgan fingerprint density at radius 2 is 0.791 bits per heavy atom. The van der Waals surface area contributed by atoms with Gasteiger partial charge in [0.25, 0.3) is 0 Å². The second-order valence-electron chi connectivity index (χ2n) is 42.4. The lowest BCUT2D eigenvalue weighted by Crippen LogP contribution is -2.62. The Balaban J connectivity index is 0.000000493. The molecule has 36 atom stereocenters. The van der Waals surface area contributed by atoms with E-state index in [-0.39, 0.29) is 99.1 Å². The summed E-state index contributed by atoms with van der Waals surface area (Å²) in [6.45, 7) is 53.0. The Hall–Kier alpha value is -6.00. The highest BCUT2D eigenvalue weighted by atomic mass is 28.4. The summed E-state index contributed by atoms with van der Waals surface area (Å²) in [6.07, 6.45) is -12.2. The SMILES string of the molecule is CC[C@H]1OC(=O)[C@H](C)[C@@H](OC2C[C@@](C)(OC)[C@@H](OC(C)=O)[C@H](C)O2)[C@H](C)[C@@H](O[C@@H]2O[C@H](C)C[C@H](N(C)C)[C@H]2OC(C)=O)[C@](C)(OC/C=C/CO)C[C@@H](C)C(=NOC(C)=O)[C@H](C)[C@@H](O)[C@]1(C)O.CC[C@H]1OC(=O)[C@H](C)[C@@H](OC2C[C@@](C)(OC)[C@@H](OC(C)=O)[C@H](C)O2)[C@H](C)[C@@H](O[C@@H]2O[C@H](C)C[C@H](N(C)C)[C@H]2OC(C)=O)[C@](C)(OC/C=C/CO[Si](C)(C)C(C)(C)C)C[C@@H](C)C(=NOC(C)=O)[C@H](C)[C@@H](O)[C@]1(C)O. The van der Waals surface area contributed by atoms with Crippen molar-refractivity contribution in [3.8, 4) is 0 Å². The Kier molecular flexibility index (Phi) is 47.0. The summed E-state index contributed by atoms with van der Waals surface area (Å²) >= 11 is 0. The molecule has 6 aliphatic rings. The fourth-order valence-electron chi connectivity index (χ4n) is 20.3. The van der Waals surface area contributed by atoms with Crippen LogP contribution in [0.15, 0.2) is 34.6 Å². The molecule has 38 nitrogen and oxygen atoms in total. The second-order valence-corrected chi connectivity index (χ2v) is 47.2. The first-order valence-electron chi connectivity index (χ1n) is 49.1. The average Bonchev–Trinajstić information content (AvgIpc) is 1.02. The van der Waals surface area contributed by atoms with Crippen molar-refractivity contribution < 1.29 is 163 Å². The average molecular weight is 2000 g/mol. The quantitative estimate of drug-likeness (QED) is 0.0111. The molecule has 0 spiro atoms. The van der Waals surface area contributed by atoms with Crippen molar-refractivity contribution in [2.24, 2.45) is 57.7 Å². The molecule has 2 unspecified atom stereocenters. The van der Waals surface area contributed by atoms with Crippen molar-refractivity contribution in [3.63, 3.8) is 0 Å². The summed E-state index contributed by atoms with van der Waals surface area (Å²) in [5.74, 6) is -12.4. The van der Waals surface area contributed by atoms with Crippen molar-refractivity contribution in [2.75, 3.05) is 68.8 Å². The van der Waals surface area contributed by atoms with E-state index in [1.807, 2.05) is 91.7 Å². The number of likely N-dealkylation sites (N-methyl/N-ethyl adjacent to an activating group) is 2. The first-order valence-corrected chi connectivity index (χ1v) is 52.1. The third-order valence-corrected chi connectivity index (χ3v) is 33.6. The molecule has 0 aromatic heterocycles. The number of cyclic esters (lactones) is 2. The normalized spacial score (nSPS) is 40.3. The first-order chi connectivity index (χ1) is 64.2. The summed E-state index contributed by atoms with van der Waals surface area (Å²) in [6, 6.07) is -0.700. The minimum Gasteiger partial charge on any atom is -0.459 e. The molecule has 0 bridgehead atoms. The summed E-state index contributed by atoms with van der Waals surface area (Å²) in [5.41, 5.74) is -8.81. The Bertz CT molecular complexity index is 4070. The zero-order valence-corrected chi connectivity index (χ0v) is 91.0. The Morgan fingerprint density at radius 3 is 1.09 bits per heavy atom. The lowest BCUT2D eigenvalue weighted by molar-refractivity contribution is -0.321. The van der Waals surface area contributed by atoms with E-state index in [0.717, 1.165) is 0 Å². The van der Waals surface area contributed by atoms with Crippen LogP contribution in [-0.2, 0) is 138 Å². The molecule has 39 heteroatoms. The van der Waals surface area contributed by atoms with Crippen LogP contribution in [0.3, 0.4) is 0 Å². The first kappa shape index (κ1) is 123. The third-order valence-electron chi connectivity index (χ3n) is 29.1. The molecule has 802 valence electrons. The molecule has 0 aromatic carbocycles. The highest BCUT2D eigenvalue weighted by Gasteiger charge is 2.60. The van der Waals surface area contributed by atoms with Gasteiger partial charge in [-0.2, -0.15) is 0 Å². The van der Waals surface area contributed by atoms with Crippen LogP contribution in [0.1, 0.15) is 252 Å². The van der Waals surface area contributed by atoms with Crippen molar-refractivity contribution in [3.05, 3.63) is 24.3 Å². The van der Waals surface area contributed by atoms with E-state index in [9.17, 15) is 63.9 Å². The van der Waals surface area contributed by atoms with E-state index in [0.29, 0.717) is 19.4 Å². The van der Waals surface area contributed by atoms with Crippen LogP contribution in [0.4, 0.5) is 0 Å². The monoisotopic (exact) mass is 2000 g/mol. The minimum absolute atomic E-state index is 0.0163. The highest BCUT2D eigenvalue weighted by Crippen LogP contribution is 2.48. The molecule has 6 heterocycles. The van der Waals surface area contributed by atoms with E-state index in [1.165, 1.54) is 75.7 Å². The third kappa shape index (κ3) is 32.7. The number of esters is 6. The predicted octanol–water partition coefficient (Wildman–Crippen LogP) is 10.7. The van der Waals surface area contributed by atoms with Crippen LogP contribution in [0.25, 0.3) is 0 Å². The predicted molar refractivity (Wildman–Crippen MR) is 515 cm³/mol. The van der Waals surface area contributed by atoms with E-state index in [1.54, 1.807) is 89.2 Å². The molecular formula is C100H174N4O34Si. The van der Waals surface area contributed by atoms with Crippen LogP contribution in [0.5, 0.6) is 0 Å². The lowest BCUT2D eigenvalue weighted by Gasteiger charge is -2.50. The molecule has 6 saturated heterocycles. The topological polar surface area (TPSA) is 463 Å². The van der Waals surface area contributed by atoms with E-state index < -0.39 is 248 Å². The number of aliphatic hydroxyl groups excluding tert-OH is 3. The zero-order valence-electron chi connectivity index (χ0n) is 90.0. The van der Waals surface area contributed by atoms with Crippen molar-refractivity contribution in [2.45, 2.75) is 439 Å². The standard InChI is InChI=1S/C53H94N2O17Si.C47H80N2O17/c1-22-40-53(16,61)45(59)32(4)42(54-72-38(10)58)30(2)28-52(15,63-25-23-24-26-64-73(20,21)50(11,12)13)46(71-49-44(67-36(8)56)39(55(17)18)27-31(3)65-49)33(5)43(34(6)48(60)69-40)70-41-29-51(14,62-19)47(35(7)66-41)68-37(9)57;1-17-35-47(13,56)40(54)27(4)37(48-66-33(10)53)25(2)23-46(12,58-21-19-18-20-50)41(65-44-39(61-31(8)51)34(49(14)15)22-26(3)59-44)28(5)38(29(6)43(55)63-35)64-36-24-45(11,57-16)42(30(7)60-36)62-32(9)52/h23-24,30-35,39-41,43-47,49,59,61H,22,25-29H2,1-21H3;18-19,25-30,34-36,38-42,44,50,54,56H,17,20-24H2,1-16H3/b24-23+,54-42?;19-18+,48-37?/t30-,31-,32+,33+,34-,35+,39+,40-,41?,43+,44-,45-,46-,47+,49+,51-,52-,53-;25-,26-,27+,28+,29-,30+,34+,35-,36?,38+,39-,40-,41-,42+,44+,45-,46-,47-/m11/s1. The zero-order chi connectivity index (χ0) is 106. The molecular weight excluding hydrogens is 1830 g/mol.